The molecule has 0 heterocycles. The van der Waals surface area contributed by atoms with Crippen molar-refractivity contribution in [3.63, 3.8) is 0 Å². The zero-order chi connectivity index (χ0) is 22.9. The van der Waals surface area contributed by atoms with E-state index in [0.29, 0.717) is 30.3 Å². The Morgan fingerprint density at radius 1 is 1.21 bits per heavy atom. The molecule has 0 aliphatic heterocycles. The first-order valence-electron chi connectivity index (χ1n) is 11.6. The number of nitrogens with one attached hydrogen (secondary N) is 1. The molecule has 1 aliphatic rings. The van der Waals surface area contributed by atoms with Gasteiger partial charge in [-0.2, -0.15) is 0 Å². The number of fused-ring (bicyclic) bond motifs is 1. The van der Waals surface area contributed by atoms with Crippen LogP contribution in [0.5, 0.6) is 5.75 Å². The Morgan fingerprint density at radius 3 is 2.76 bits per heavy atom. The summed E-state index contributed by atoms with van der Waals surface area (Å²) in [5.41, 5.74) is 3.35. The normalized spacial score (nSPS) is 16.8. The summed E-state index contributed by atoms with van der Waals surface area (Å²) in [6, 6.07) is 13.7. The van der Waals surface area contributed by atoms with Crippen molar-refractivity contribution in [1.29, 1.82) is 0 Å². The van der Waals surface area contributed by atoms with Gasteiger partial charge in [-0.3, -0.25) is 0 Å². The van der Waals surface area contributed by atoms with E-state index in [0.717, 1.165) is 37.7 Å². The third-order valence-corrected chi connectivity index (χ3v) is 6.12. The first kappa shape index (κ1) is 27.5. The van der Waals surface area contributed by atoms with E-state index in [9.17, 15) is 9.90 Å². The maximum atomic E-state index is 12.3. The van der Waals surface area contributed by atoms with Crippen molar-refractivity contribution in [2.45, 2.75) is 70.6 Å². The summed E-state index contributed by atoms with van der Waals surface area (Å²) in [5.74, 6) is 0.408. The van der Waals surface area contributed by atoms with Gasteiger partial charge in [0.05, 0.1) is 12.7 Å². The van der Waals surface area contributed by atoms with Gasteiger partial charge in [0.25, 0.3) is 0 Å². The second-order valence-electron chi connectivity index (χ2n) is 8.35. The fraction of sp³-hybridized carbons (Fsp3) is 0.500. The third kappa shape index (κ3) is 8.18. The quantitative estimate of drug-likeness (QED) is 0.406. The lowest BCUT2D eigenvalue weighted by atomic mass is 9.88. The molecule has 182 valence electrons. The number of hydrogen-bond donors (Lipinski definition) is 2. The highest BCUT2D eigenvalue weighted by atomic mass is 35.5. The molecule has 2 aromatic rings. The molecule has 3 atom stereocenters. The van der Waals surface area contributed by atoms with Crippen molar-refractivity contribution in [2.24, 2.45) is 0 Å². The fourth-order valence-electron chi connectivity index (χ4n) is 4.10. The Bertz CT molecular complexity index is 892. The van der Waals surface area contributed by atoms with Crippen LogP contribution in [-0.2, 0) is 22.4 Å². The molecule has 5 nitrogen and oxygen atoms in total. The SMILES string of the molecule is CCCCC(Oc1ccc2c(c1)CC(NCC(O)c1cccc(Cl)c1)CC2)C(=O)OCC.Cl. The van der Waals surface area contributed by atoms with Crippen LogP contribution in [-0.4, -0.2) is 36.4 Å². The number of aliphatic hydroxyl groups excluding tert-OH is 1. The van der Waals surface area contributed by atoms with E-state index in [1.165, 1.54) is 11.1 Å². The number of unbranched alkanes of at least 4 members (excludes halogenated alkanes) is 1. The van der Waals surface area contributed by atoms with Crippen LogP contribution >= 0.6 is 24.0 Å². The average molecular weight is 496 g/mol. The summed E-state index contributed by atoms with van der Waals surface area (Å²) < 4.78 is 11.2. The molecule has 0 aromatic heterocycles. The maximum Gasteiger partial charge on any atom is 0.347 e. The summed E-state index contributed by atoms with van der Waals surface area (Å²) in [7, 11) is 0. The smallest absolute Gasteiger partial charge is 0.347 e. The Morgan fingerprint density at radius 2 is 2.03 bits per heavy atom. The number of ether oxygens (including phenoxy) is 2. The largest absolute Gasteiger partial charge is 0.479 e. The molecule has 7 heteroatoms. The van der Waals surface area contributed by atoms with Crippen LogP contribution in [0.15, 0.2) is 42.5 Å². The van der Waals surface area contributed by atoms with E-state index in [1.807, 2.05) is 25.1 Å². The Balaban J connectivity index is 0.00000385. The molecular formula is C26H35Cl2NO4. The fourth-order valence-corrected chi connectivity index (χ4v) is 4.30. The number of hydrogen-bond acceptors (Lipinski definition) is 5. The lowest BCUT2D eigenvalue weighted by molar-refractivity contribution is -0.151. The maximum absolute atomic E-state index is 12.3. The number of benzene rings is 2. The topological polar surface area (TPSA) is 67.8 Å². The number of halogens is 2. The highest BCUT2D eigenvalue weighted by Gasteiger charge is 2.24. The summed E-state index contributed by atoms with van der Waals surface area (Å²) in [5, 5.41) is 14.6. The molecule has 0 amide bonds. The molecule has 0 spiro atoms. The van der Waals surface area contributed by atoms with E-state index in [4.69, 9.17) is 21.1 Å². The molecule has 1 aliphatic carbocycles. The zero-order valence-corrected chi connectivity index (χ0v) is 21.0. The van der Waals surface area contributed by atoms with Gasteiger partial charge < -0.3 is 19.9 Å². The summed E-state index contributed by atoms with van der Waals surface area (Å²) in [6.07, 6.45) is 4.22. The van der Waals surface area contributed by atoms with Crippen molar-refractivity contribution in [1.82, 2.24) is 5.32 Å². The second-order valence-corrected chi connectivity index (χ2v) is 8.79. The van der Waals surface area contributed by atoms with Crippen LogP contribution in [0.3, 0.4) is 0 Å². The van der Waals surface area contributed by atoms with Crippen molar-refractivity contribution < 1.29 is 19.4 Å². The van der Waals surface area contributed by atoms with Crippen LogP contribution in [0.4, 0.5) is 0 Å². The van der Waals surface area contributed by atoms with Crippen LogP contribution < -0.4 is 10.1 Å². The van der Waals surface area contributed by atoms with Crippen LogP contribution in [0.2, 0.25) is 5.02 Å². The molecule has 2 N–H and O–H groups in total. The number of carbonyl (C=O) groups excluding carboxylic acids is 1. The standard InChI is InChI=1S/C26H34ClNO4.ClH/c1-3-5-9-25(26(30)31-4-2)32-23-13-11-18-10-12-22(15-20(18)16-23)28-17-24(29)19-7-6-8-21(27)14-19;/h6-8,11,13-14,16,22,24-25,28-29H,3-5,9-10,12,15,17H2,1-2H3;1H. The van der Waals surface area contributed by atoms with Crippen LogP contribution in [0.25, 0.3) is 0 Å². The number of rotatable bonds is 11. The zero-order valence-electron chi connectivity index (χ0n) is 19.4. The predicted molar refractivity (Wildman–Crippen MR) is 134 cm³/mol. The minimum Gasteiger partial charge on any atom is -0.479 e. The molecule has 3 unspecified atom stereocenters. The van der Waals surface area contributed by atoms with Gasteiger partial charge in [-0.05, 0) is 80.0 Å². The molecule has 0 saturated heterocycles. The molecule has 0 bridgehead atoms. The molecule has 33 heavy (non-hydrogen) atoms. The van der Waals surface area contributed by atoms with Gasteiger partial charge in [-0.25, -0.2) is 4.79 Å². The monoisotopic (exact) mass is 495 g/mol. The molecule has 0 fully saturated rings. The van der Waals surface area contributed by atoms with Crippen molar-refractivity contribution in [2.75, 3.05) is 13.2 Å². The summed E-state index contributed by atoms with van der Waals surface area (Å²) in [6.45, 7) is 4.73. The molecule has 2 aromatic carbocycles. The highest BCUT2D eigenvalue weighted by Crippen LogP contribution is 2.27. The van der Waals surface area contributed by atoms with E-state index in [1.54, 1.807) is 12.1 Å². The average Bonchev–Trinajstić information content (AvgIpc) is 2.80. The van der Waals surface area contributed by atoms with E-state index in [-0.39, 0.29) is 24.4 Å². The lowest BCUT2D eigenvalue weighted by Crippen LogP contribution is -2.37. The van der Waals surface area contributed by atoms with Crippen LogP contribution in [0, 0.1) is 0 Å². The van der Waals surface area contributed by atoms with E-state index >= 15 is 0 Å². The lowest BCUT2D eigenvalue weighted by Gasteiger charge is -2.27. The third-order valence-electron chi connectivity index (χ3n) is 5.89. The van der Waals surface area contributed by atoms with Crippen LogP contribution in [0.1, 0.15) is 62.3 Å². The summed E-state index contributed by atoms with van der Waals surface area (Å²) in [4.78, 5) is 12.3. The Hall–Kier alpha value is -1.79. The van der Waals surface area contributed by atoms with Gasteiger partial charge in [0, 0.05) is 17.6 Å². The number of esters is 1. The first-order chi connectivity index (χ1) is 15.5. The number of aryl methyl sites for hydroxylation is 1. The minimum absolute atomic E-state index is 0. The molecule has 0 saturated carbocycles. The summed E-state index contributed by atoms with van der Waals surface area (Å²) >= 11 is 6.04. The van der Waals surface area contributed by atoms with Crippen molar-refractivity contribution in [3.05, 3.63) is 64.2 Å². The molecule has 0 radical (unpaired) electrons. The predicted octanol–water partition coefficient (Wildman–Crippen LogP) is 5.44. The first-order valence-corrected chi connectivity index (χ1v) is 12.0. The molecular weight excluding hydrogens is 461 g/mol. The van der Waals surface area contributed by atoms with E-state index in [2.05, 4.69) is 24.4 Å². The van der Waals surface area contributed by atoms with Crippen molar-refractivity contribution in [3.8, 4) is 5.75 Å². The highest BCUT2D eigenvalue weighted by molar-refractivity contribution is 6.30. The number of aliphatic hydroxyl groups is 1. The van der Waals surface area contributed by atoms with Gasteiger partial charge in [0.15, 0.2) is 6.10 Å². The van der Waals surface area contributed by atoms with Gasteiger partial charge in [0.1, 0.15) is 5.75 Å². The second kappa shape index (κ2) is 13.8. The van der Waals surface area contributed by atoms with Gasteiger partial charge in [0.2, 0.25) is 0 Å². The van der Waals surface area contributed by atoms with E-state index < -0.39 is 12.2 Å². The number of carbonyl (C=O) groups is 1. The molecule has 3 rings (SSSR count). The van der Waals surface area contributed by atoms with Gasteiger partial charge in [-0.15, -0.1) is 12.4 Å². The Labute approximate surface area is 208 Å². The van der Waals surface area contributed by atoms with Crippen molar-refractivity contribution >= 4 is 30.0 Å². The van der Waals surface area contributed by atoms with Gasteiger partial charge >= 0.3 is 5.97 Å². The Kier molecular flexibility index (Phi) is 11.5. The van der Waals surface area contributed by atoms with Gasteiger partial charge in [-0.1, -0.05) is 43.1 Å². The minimum atomic E-state index is -0.603.